The van der Waals surface area contributed by atoms with Crippen molar-refractivity contribution in [2.45, 2.75) is 58.3 Å². The van der Waals surface area contributed by atoms with Crippen molar-refractivity contribution in [2.75, 3.05) is 38.2 Å². The fourth-order valence-electron chi connectivity index (χ4n) is 3.26. The number of anilines is 1. The maximum absolute atomic E-state index is 12.2. The summed E-state index contributed by atoms with van der Waals surface area (Å²) in [6.07, 6.45) is 7.98. The molecular weight excluding hydrogens is 314 g/mol. The van der Waals surface area contributed by atoms with Gasteiger partial charge in [0.15, 0.2) is 0 Å². The Balaban J connectivity index is 1.90. The zero-order valence-electron chi connectivity index (χ0n) is 16.0. The van der Waals surface area contributed by atoms with Gasteiger partial charge in [-0.3, -0.25) is 9.69 Å². The minimum Gasteiger partial charge on any atom is -0.379 e. The quantitative estimate of drug-likeness (QED) is 0.694. The Morgan fingerprint density at radius 3 is 2.64 bits per heavy atom. The van der Waals surface area contributed by atoms with Crippen LogP contribution in [0.15, 0.2) is 18.3 Å². The van der Waals surface area contributed by atoms with Crippen LogP contribution in [0.3, 0.4) is 0 Å². The number of amides is 1. The molecule has 1 amide bonds. The number of ether oxygens (including phenoxy) is 1. The summed E-state index contributed by atoms with van der Waals surface area (Å²) in [5, 5.41) is 2.91. The second-order valence-electron chi connectivity index (χ2n) is 7.24. The van der Waals surface area contributed by atoms with Crippen molar-refractivity contribution in [1.82, 2.24) is 9.88 Å². The molecule has 0 radical (unpaired) electrons. The Bertz CT molecular complexity index is 526. The van der Waals surface area contributed by atoms with Gasteiger partial charge >= 0.3 is 0 Å². The molecule has 1 atom stereocenters. The van der Waals surface area contributed by atoms with Crippen LogP contribution in [0.25, 0.3) is 0 Å². The highest BCUT2D eigenvalue weighted by molar-refractivity contribution is 5.91. The fourth-order valence-corrected chi connectivity index (χ4v) is 3.26. The molecule has 1 aliphatic heterocycles. The molecule has 1 N–H and O–H groups in total. The van der Waals surface area contributed by atoms with Gasteiger partial charge < -0.3 is 10.1 Å². The van der Waals surface area contributed by atoms with Crippen molar-refractivity contribution >= 4 is 11.7 Å². The number of nitrogens with one attached hydrogen (secondary N) is 1. The third kappa shape index (κ3) is 6.08. The number of nitrogens with zero attached hydrogens (tertiary/aromatic N) is 2. The van der Waals surface area contributed by atoms with E-state index in [9.17, 15) is 4.79 Å². The topological polar surface area (TPSA) is 54.5 Å². The second kappa shape index (κ2) is 9.88. The Kier molecular flexibility index (Phi) is 7.85. The molecule has 2 heterocycles. The average molecular weight is 348 g/mol. The molecule has 1 aromatic heterocycles. The summed E-state index contributed by atoms with van der Waals surface area (Å²) in [7, 11) is 0. The maximum Gasteiger partial charge on any atom is 0.239 e. The Morgan fingerprint density at radius 1 is 1.28 bits per heavy atom. The number of aromatic nitrogens is 1. The van der Waals surface area contributed by atoms with Gasteiger partial charge in [0.05, 0.1) is 19.8 Å². The summed E-state index contributed by atoms with van der Waals surface area (Å²) < 4.78 is 5.30. The third-order valence-electron chi connectivity index (χ3n) is 5.31. The van der Waals surface area contributed by atoms with Crippen LogP contribution < -0.4 is 5.32 Å². The first-order valence-corrected chi connectivity index (χ1v) is 9.64. The number of carbonyl (C=O) groups excluding carboxylic acids is 1. The van der Waals surface area contributed by atoms with Crippen LogP contribution in [0.5, 0.6) is 0 Å². The van der Waals surface area contributed by atoms with Crippen LogP contribution in [0, 0.1) is 0 Å². The number of morpholine rings is 1. The third-order valence-corrected chi connectivity index (χ3v) is 5.31. The second-order valence-corrected chi connectivity index (χ2v) is 7.24. The first-order valence-electron chi connectivity index (χ1n) is 9.64. The van der Waals surface area contributed by atoms with Gasteiger partial charge in [-0.2, -0.15) is 0 Å². The lowest BCUT2D eigenvalue weighted by Crippen LogP contribution is -2.41. The molecule has 0 aromatic carbocycles. The molecule has 2 rings (SSSR count). The average Bonchev–Trinajstić information content (AvgIpc) is 2.63. The van der Waals surface area contributed by atoms with E-state index in [4.69, 9.17) is 4.74 Å². The summed E-state index contributed by atoms with van der Waals surface area (Å²) in [4.78, 5) is 18.7. The van der Waals surface area contributed by atoms with Gasteiger partial charge in [-0.15, -0.1) is 0 Å². The summed E-state index contributed by atoms with van der Waals surface area (Å²) in [6.45, 7) is 10.2. The van der Waals surface area contributed by atoms with Crippen molar-refractivity contribution in [2.24, 2.45) is 0 Å². The van der Waals surface area contributed by atoms with E-state index in [2.05, 4.69) is 42.0 Å². The summed E-state index contributed by atoms with van der Waals surface area (Å²) >= 11 is 0. The van der Waals surface area contributed by atoms with E-state index < -0.39 is 0 Å². The van der Waals surface area contributed by atoms with E-state index in [1.165, 1.54) is 31.2 Å². The molecule has 0 bridgehead atoms. The number of pyridine rings is 1. The van der Waals surface area contributed by atoms with Crippen molar-refractivity contribution < 1.29 is 9.53 Å². The molecule has 1 aliphatic rings. The van der Waals surface area contributed by atoms with E-state index in [1.54, 1.807) is 0 Å². The van der Waals surface area contributed by atoms with Crippen LogP contribution >= 0.6 is 0 Å². The standard InChI is InChI=1S/C20H33N3O2/c1-4-6-7-10-20(3,5-2)17-8-9-18(21-15-17)22-19(24)16-23-11-13-25-14-12-23/h8-9,15H,4-7,10-14,16H2,1-3H3,(H,21,22,24). The van der Waals surface area contributed by atoms with E-state index in [0.29, 0.717) is 25.6 Å². The lowest BCUT2D eigenvalue weighted by Gasteiger charge is -2.29. The lowest BCUT2D eigenvalue weighted by atomic mass is 9.76. The molecule has 0 saturated carbocycles. The van der Waals surface area contributed by atoms with Gasteiger partial charge in [0.1, 0.15) is 5.82 Å². The van der Waals surface area contributed by atoms with E-state index in [-0.39, 0.29) is 11.3 Å². The summed E-state index contributed by atoms with van der Waals surface area (Å²) in [5.74, 6) is 0.623. The Labute approximate surface area is 152 Å². The molecule has 0 aliphatic carbocycles. The first-order chi connectivity index (χ1) is 12.1. The molecule has 5 nitrogen and oxygen atoms in total. The molecule has 1 unspecified atom stereocenters. The number of rotatable bonds is 9. The molecule has 1 saturated heterocycles. The van der Waals surface area contributed by atoms with Crippen LogP contribution in [-0.2, 0) is 14.9 Å². The van der Waals surface area contributed by atoms with Crippen LogP contribution in [0.2, 0.25) is 0 Å². The monoisotopic (exact) mass is 347 g/mol. The SMILES string of the molecule is CCCCCC(C)(CC)c1ccc(NC(=O)CN2CCOCC2)nc1. The van der Waals surface area contributed by atoms with Crippen molar-refractivity contribution in [1.29, 1.82) is 0 Å². The number of hydrogen-bond acceptors (Lipinski definition) is 4. The van der Waals surface area contributed by atoms with Gasteiger partial charge in [0.25, 0.3) is 0 Å². The van der Waals surface area contributed by atoms with E-state index >= 15 is 0 Å². The minimum atomic E-state index is -0.0108. The zero-order valence-corrected chi connectivity index (χ0v) is 16.0. The molecule has 1 fully saturated rings. The maximum atomic E-state index is 12.2. The molecule has 0 spiro atoms. The Morgan fingerprint density at radius 2 is 2.04 bits per heavy atom. The first kappa shape index (κ1) is 19.9. The van der Waals surface area contributed by atoms with Gasteiger partial charge in [0.2, 0.25) is 5.91 Å². The van der Waals surface area contributed by atoms with Crippen LogP contribution in [0.1, 0.15) is 58.4 Å². The minimum absolute atomic E-state index is 0.0108. The predicted molar refractivity (Wildman–Crippen MR) is 102 cm³/mol. The summed E-state index contributed by atoms with van der Waals surface area (Å²) in [6, 6.07) is 4.05. The smallest absolute Gasteiger partial charge is 0.239 e. The van der Waals surface area contributed by atoms with Crippen molar-refractivity contribution in [3.63, 3.8) is 0 Å². The lowest BCUT2D eigenvalue weighted by molar-refractivity contribution is -0.118. The summed E-state index contributed by atoms with van der Waals surface area (Å²) in [5.41, 5.74) is 1.43. The molecule has 25 heavy (non-hydrogen) atoms. The normalized spacial score (nSPS) is 17.9. The zero-order chi connectivity index (χ0) is 18.1. The van der Waals surface area contributed by atoms with Crippen molar-refractivity contribution in [3.05, 3.63) is 23.9 Å². The van der Waals surface area contributed by atoms with Gasteiger partial charge in [0, 0.05) is 19.3 Å². The molecular formula is C20H33N3O2. The highest BCUT2D eigenvalue weighted by Gasteiger charge is 2.24. The van der Waals surface area contributed by atoms with Gasteiger partial charge in [-0.25, -0.2) is 4.98 Å². The molecule has 140 valence electrons. The molecule has 1 aromatic rings. The van der Waals surface area contributed by atoms with Gasteiger partial charge in [-0.05, 0) is 29.9 Å². The van der Waals surface area contributed by atoms with Crippen molar-refractivity contribution in [3.8, 4) is 0 Å². The highest BCUT2D eigenvalue weighted by atomic mass is 16.5. The Hall–Kier alpha value is -1.46. The number of carbonyl (C=O) groups is 1. The van der Waals surface area contributed by atoms with Gasteiger partial charge in [-0.1, -0.05) is 46.1 Å². The van der Waals surface area contributed by atoms with Crippen LogP contribution in [0.4, 0.5) is 5.82 Å². The number of unbranched alkanes of at least 4 members (excludes halogenated alkanes) is 2. The number of hydrogen-bond donors (Lipinski definition) is 1. The fraction of sp³-hybridized carbons (Fsp3) is 0.700. The highest BCUT2D eigenvalue weighted by Crippen LogP contribution is 2.33. The van der Waals surface area contributed by atoms with E-state index in [0.717, 1.165) is 19.5 Å². The largest absolute Gasteiger partial charge is 0.379 e. The van der Waals surface area contributed by atoms with Crippen LogP contribution in [-0.4, -0.2) is 48.6 Å². The van der Waals surface area contributed by atoms with E-state index in [1.807, 2.05) is 12.3 Å². The predicted octanol–water partition coefficient (Wildman–Crippen LogP) is 3.60. The molecule has 5 heteroatoms.